The highest BCUT2D eigenvalue weighted by Crippen LogP contribution is 2.37. The molecule has 4 amide bonds. The molecule has 5 aromatic carbocycles. The van der Waals surface area contributed by atoms with Crippen LogP contribution >= 0.6 is 23.4 Å². The fourth-order valence-electron chi connectivity index (χ4n) is 4.67. The molecule has 0 heterocycles. The van der Waals surface area contributed by atoms with Gasteiger partial charge in [0, 0.05) is 40.0 Å². The van der Waals surface area contributed by atoms with Crippen LogP contribution in [0, 0.1) is 5.82 Å². The minimum atomic E-state index is -0.717. The summed E-state index contributed by atoms with van der Waals surface area (Å²) in [7, 11) is 0. The molecular formula is C38H30ClFN4O4S. The smallest absolute Gasteiger partial charge is 0.272 e. The molecule has 49 heavy (non-hydrogen) atoms. The molecule has 0 bridgehead atoms. The summed E-state index contributed by atoms with van der Waals surface area (Å²) in [6.07, 6.45) is 1.19. The van der Waals surface area contributed by atoms with Gasteiger partial charge in [0.1, 0.15) is 16.8 Å². The van der Waals surface area contributed by atoms with Crippen molar-refractivity contribution in [3.8, 4) is 0 Å². The molecule has 0 aliphatic carbocycles. The third-order valence-corrected chi connectivity index (χ3v) is 8.55. The second-order valence-electron chi connectivity index (χ2n) is 10.7. The first kappa shape index (κ1) is 34.6. The van der Waals surface area contributed by atoms with E-state index in [1.807, 2.05) is 30.3 Å². The van der Waals surface area contributed by atoms with Gasteiger partial charge in [-0.1, -0.05) is 72.3 Å². The number of nitrogens with one attached hydrogen (secondary N) is 4. The summed E-state index contributed by atoms with van der Waals surface area (Å²) in [5.74, 6) is -2.44. The first-order chi connectivity index (χ1) is 23.7. The summed E-state index contributed by atoms with van der Waals surface area (Å²) in [5.41, 5.74) is 2.29. The van der Waals surface area contributed by atoms with Gasteiger partial charge < -0.3 is 21.3 Å². The van der Waals surface area contributed by atoms with Gasteiger partial charge in [-0.3, -0.25) is 19.2 Å². The summed E-state index contributed by atoms with van der Waals surface area (Å²) in [5, 5.41) is 10.4. The van der Waals surface area contributed by atoms with Crippen molar-refractivity contribution < 1.29 is 23.6 Å². The lowest BCUT2D eigenvalue weighted by atomic mass is 10.1. The number of benzene rings is 5. The Morgan fingerprint density at radius 3 is 2.00 bits per heavy atom. The van der Waals surface area contributed by atoms with Gasteiger partial charge in [-0.05, 0) is 78.4 Å². The number of hydrogen-bond acceptors (Lipinski definition) is 5. The quantitative estimate of drug-likeness (QED) is 0.0821. The molecule has 0 aromatic heterocycles. The highest BCUT2D eigenvalue weighted by atomic mass is 35.5. The molecule has 5 rings (SSSR count). The Bertz CT molecular complexity index is 1990. The Balaban J connectivity index is 1.37. The van der Waals surface area contributed by atoms with Crippen LogP contribution in [0.2, 0.25) is 5.02 Å². The highest BCUT2D eigenvalue weighted by Gasteiger charge is 2.23. The first-order valence-corrected chi connectivity index (χ1v) is 16.3. The molecule has 0 aliphatic heterocycles. The van der Waals surface area contributed by atoms with E-state index in [9.17, 15) is 23.6 Å². The molecule has 5 aromatic rings. The standard InChI is InChI=1S/C38H30ClFN4O4S/c1-24(45)41-27-18-20-28(21-19-27)42-38(48)35(25-10-4-2-5-11-25)49-30-15-8-14-29(22-30)43-37(47)34(23-31-32(39)16-9-17-33(31)40)44-36(46)26-12-6-3-7-13-26/h2-23,35H,1H3,(H,41,45)(H,42,48)(H,43,47)(H,44,46)/b34-23+. The van der Waals surface area contributed by atoms with E-state index in [0.717, 1.165) is 5.56 Å². The minimum Gasteiger partial charge on any atom is -0.326 e. The third kappa shape index (κ3) is 9.66. The monoisotopic (exact) mass is 692 g/mol. The Hall–Kier alpha value is -5.71. The van der Waals surface area contributed by atoms with E-state index in [0.29, 0.717) is 27.5 Å². The molecule has 246 valence electrons. The molecule has 0 saturated heterocycles. The number of rotatable bonds is 11. The van der Waals surface area contributed by atoms with Gasteiger partial charge in [-0.15, -0.1) is 11.8 Å². The summed E-state index contributed by atoms with van der Waals surface area (Å²) >= 11 is 7.51. The summed E-state index contributed by atoms with van der Waals surface area (Å²) < 4.78 is 14.7. The maximum atomic E-state index is 14.7. The maximum Gasteiger partial charge on any atom is 0.272 e. The molecule has 1 atom stereocenters. The zero-order valence-electron chi connectivity index (χ0n) is 26.1. The van der Waals surface area contributed by atoms with Crippen molar-refractivity contribution in [3.63, 3.8) is 0 Å². The Kier molecular flexibility index (Phi) is 11.6. The van der Waals surface area contributed by atoms with Crippen LogP contribution in [0.5, 0.6) is 0 Å². The number of amides is 4. The molecule has 1 unspecified atom stereocenters. The van der Waals surface area contributed by atoms with Crippen LogP contribution < -0.4 is 21.3 Å². The molecule has 4 N–H and O–H groups in total. The molecule has 0 saturated carbocycles. The molecular weight excluding hydrogens is 663 g/mol. The van der Waals surface area contributed by atoms with Crippen LogP contribution in [-0.2, 0) is 14.4 Å². The minimum absolute atomic E-state index is 0.0616. The lowest BCUT2D eigenvalue weighted by molar-refractivity contribution is -0.116. The van der Waals surface area contributed by atoms with Crippen LogP contribution in [0.4, 0.5) is 21.5 Å². The summed E-state index contributed by atoms with van der Waals surface area (Å²) in [4.78, 5) is 52.3. The van der Waals surface area contributed by atoms with E-state index in [-0.39, 0.29) is 28.1 Å². The average Bonchev–Trinajstić information content (AvgIpc) is 3.09. The molecule has 0 spiro atoms. The second-order valence-corrected chi connectivity index (χ2v) is 12.2. The Labute approximate surface area is 291 Å². The van der Waals surface area contributed by atoms with Gasteiger partial charge in [-0.25, -0.2) is 4.39 Å². The lowest BCUT2D eigenvalue weighted by Gasteiger charge is -2.18. The topological polar surface area (TPSA) is 116 Å². The molecule has 0 fully saturated rings. The third-order valence-electron chi connectivity index (χ3n) is 6.98. The fourth-order valence-corrected chi connectivity index (χ4v) is 5.97. The van der Waals surface area contributed by atoms with E-state index in [1.54, 1.807) is 78.9 Å². The van der Waals surface area contributed by atoms with Crippen LogP contribution in [-0.4, -0.2) is 23.6 Å². The largest absolute Gasteiger partial charge is 0.326 e. The molecule has 0 radical (unpaired) electrons. The van der Waals surface area contributed by atoms with Crippen molar-refractivity contribution in [2.24, 2.45) is 0 Å². The van der Waals surface area contributed by atoms with Crippen molar-refractivity contribution >= 4 is 70.1 Å². The molecule has 0 aliphatic rings. The van der Waals surface area contributed by atoms with Crippen LogP contribution in [0.3, 0.4) is 0 Å². The van der Waals surface area contributed by atoms with Crippen molar-refractivity contribution in [2.75, 3.05) is 16.0 Å². The van der Waals surface area contributed by atoms with Crippen molar-refractivity contribution in [1.29, 1.82) is 0 Å². The van der Waals surface area contributed by atoms with Crippen molar-refractivity contribution in [1.82, 2.24) is 5.32 Å². The number of halogens is 2. The zero-order valence-corrected chi connectivity index (χ0v) is 27.6. The average molecular weight is 693 g/mol. The van der Waals surface area contributed by atoms with Gasteiger partial charge in [0.05, 0.1) is 5.02 Å². The predicted molar refractivity (Wildman–Crippen MR) is 193 cm³/mol. The van der Waals surface area contributed by atoms with Crippen molar-refractivity contribution in [3.05, 3.63) is 161 Å². The first-order valence-electron chi connectivity index (χ1n) is 15.0. The number of anilines is 3. The maximum absolute atomic E-state index is 14.7. The summed E-state index contributed by atoms with van der Waals surface area (Å²) in [6.45, 7) is 1.42. The van der Waals surface area contributed by atoms with Gasteiger partial charge in [-0.2, -0.15) is 0 Å². The number of carbonyl (C=O) groups is 4. The fraction of sp³-hybridized carbons (Fsp3) is 0.0526. The van der Waals surface area contributed by atoms with E-state index in [2.05, 4.69) is 21.3 Å². The second kappa shape index (κ2) is 16.4. The normalized spacial score (nSPS) is 11.6. The molecule has 8 nitrogen and oxygen atoms in total. The Morgan fingerprint density at radius 2 is 1.35 bits per heavy atom. The van der Waals surface area contributed by atoms with Gasteiger partial charge in [0.2, 0.25) is 11.8 Å². The number of thioether (sulfide) groups is 1. The summed E-state index contributed by atoms with van der Waals surface area (Å²) in [6, 6.07) is 35.3. The SMILES string of the molecule is CC(=O)Nc1ccc(NC(=O)C(Sc2cccc(NC(=O)/C(=C\c3c(F)cccc3Cl)NC(=O)c3ccccc3)c2)c2ccccc2)cc1. The lowest BCUT2D eigenvalue weighted by Crippen LogP contribution is -2.30. The van der Waals surface area contributed by atoms with Crippen LogP contribution in [0.25, 0.3) is 6.08 Å². The van der Waals surface area contributed by atoms with E-state index >= 15 is 0 Å². The van der Waals surface area contributed by atoms with Crippen molar-refractivity contribution in [2.45, 2.75) is 17.1 Å². The van der Waals surface area contributed by atoms with E-state index < -0.39 is 22.9 Å². The molecule has 11 heteroatoms. The van der Waals surface area contributed by atoms with Gasteiger partial charge >= 0.3 is 0 Å². The Morgan fingerprint density at radius 1 is 0.714 bits per heavy atom. The van der Waals surface area contributed by atoms with E-state index in [4.69, 9.17) is 11.6 Å². The predicted octanol–water partition coefficient (Wildman–Crippen LogP) is 8.32. The van der Waals surface area contributed by atoms with Gasteiger partial charge in [0.15, 0.2) is 0 Å². The highest BCUT2D eigenvalue weighted by molar-refractivity contribution is 8.00. The van der Waals surface area contributed by atoms with Crippen LogP contribution in [0.1, 0.15) is 33.7 Å². The van der Waals surface area contributed by atoms with E-state index in [1.165, 1.54) is 43.0 Å². The van der Waals surface area contributed by atoms with Gasteiger partial charge in [0.25, 0.3) is 11.8 Å². The number of carbonyl (C=O) groups excluding carboxylic acids is 4. The zero-order chi connectivity index (χ0) is 34.8. The van der Waals surface area contributed by atoms with Crippen LogP contribution in [0.15, 0.2) is 138 Å². The number of hydrogen-bond donors (Lipinski definition) is 4.